The third-order valence-electron chi connectivity index (χ3n) is 9.39. The number of benzene rings is 4. The van der Waals surface area contributed by atoms with Crippen molar-refractivity contribution in [2.45, 2.75) is 64.6 Å². The summed E-state index contributed by atoms with van der Waals surface area (Å²) < 4.78 is 116. The lowest BCUT2D eigenvalue weighted by molar-refractivity contribution is -0.275. The van der Waals surface area contributed by atoms with Gasteiger partial charge in [-0.2, -0.15) is 0 Å². The monoisotopic (exact) mass is 810 g/mol. The summed E-state index contributed by atoms with van der Waals surface area (Å²) in [5.74, 6) is -2.97. The van der Waals surface area contributed by atoms with E-state index >= 15 is 0 Å². The predicted molar refractivity (Wildman–Crippen MR) is 187 cm³/mol. The van der Waals surface area contributed by atoms with Crippen LogP contribution in [0, 0.1) is 23.5 Å². The topological polar surface area (TPSA) is 109 Å². The Bertz CT molecular complexity index is 1990. The van der Waals surface area contributed by atoms with Crippen LogP contribution in [0.2, 0.25) is 0 Å². The molecule has 57 heavy (non-hydrogen) atoms. The van der Waals surface area contributed by atoms with Gasteiger partial charge in [0.25, 0.3) is 0 Å². The zero-order chi connectivity index (χ0) is 41.7. The lowest BCUT2D eigenvalue weighted by atomic mass is 9.99. The van der Waals surface area contributed by atoms with Crippen LogP contribution in [0.4, 0.5) is 35.1 Å². The first-order chi connectivity index (χ1) is 26.8. The molecule has 6 rings (SSSR count). The molecule has 0 bridgehead atoms. The second-order valence-corrected chi connectivity index (χ2v) is 13.5. The summed E-state index contributed by atoms with van der Waals surface area (Å²) in [6.07, 6.45) is -8.87. The number of rotatable bonds is 11. The maximum absolute atomic E-state index is 14.7. The lowest BCUT2D eigenvalue weighted by Crippen LogP contribution is -2.29. The molecule has 0 aromatic heterocycles. The van der Waals surface area contributed by atoms with E-state index in [1.54, 1.807) is 19.9 Å². The van der Waals surface area contributed by atoms with Gasteiger partial charge in [0.1, 0.15) is 41.2 Å². The number of aliphatic hydroxyl groups is 1. The van der Waals surface area contributed by atoms with Crippen LogP contribution in [0.5, 0.6) is 23.0 Å². The van der Waals surface area contributed by atoms with Gasteiger partial charge in [-0.1, -0.05) is 50.2 Å². The van der Waals surface area contributed by atoms with E-state index in [1.807, 2.05) is 0 Å². The van der Waals surface area contributed by atoms with Gasteiger partial charge in [-0.3, -0.25) is 9.59 Å². The quantitative estimate of drug-likeness (QED) is 0.146. The molecule has 2 amide bonds. The van der Waals surface area contributed by atoms with Crippen LogP contribution >= 0.6 is 0 Å². The Hall–Kier alpha value is -5.58. The van der Waals surface area contributed by atoms with E-state index in [0.29, 0.717) is 24.0 Å². The number of aromatic hydroxyl groups is 1. The summed E-state index contributed by atoms with van der Waals surface area (Å²) in [6, 6.07) is 17.3. The van der Waals surface area contributed by atoms with Crippen molar-refractivity contribution >= 4 is 11.8 Å². The van der Waals surface area contributed by atoms with E-state index in [-0.39, 0.29) is 84.1 Å². The number of alkyl halides is 6. The van der Waals surface area contributed by atoms with Crippen LogP contribution in [0.25, 0.3) is 0 Å². The largest absolute Gasteiger partial charge is 0.573 e. The van der Waals surface area contributed by atoms with Crippen LogP contribution < -0.4 is 14.2 Å². The second-order valence-electron chi connectivity index (χ2n) is 13.5. The van der Waals surface area contributed by atoms with Gasteiger partial charge in [-0.15, -0.1) is 26.3 Å². The van der Waals surface area contributed by atoms with Crippen molar-refractivity contribution in [1.29, 1.82) is 0 Å². The van der Waals surface area contributed by atoms with Crippen LogP contribution in [0.15, 0.2) is 84.9 Å². The Kier molecular flexibility index (Phi) is 13.2. The molecular weight excluding hydrogens is 772 g/mol. The molecule has 4 aromatic rings. The van der Waals surface area contributed by atoms with E-state index < -0.39 is 36.4 Å². The van der Waals surface area contributed by atoms with Gasteiger partial charge in [-0.25, -0.2) is 8.78 Å². The average Bonchev–Trinajstić information content (AvgIpc) is 3.56. The highest BCUT2D eigenvalue weighted by molar-refractivity contribution is 5.82. The Labute approximate surface area is 322 Å². The number of carbonyl (C=O) groups is 2. The summed E-state index contributed by atoms with van der Waals surface area (Å²) >= 11 is 0. The summed E-state index contributed by atoms with van der Waals surface area (Å²) in [5, 5.41) is 19.1. The van der Waals surface area contributed by atoms with Crippen LogP contribution in [-0.2, 0) is 22.7 Å². The van der Waals surface area contributed by atoms with Crippen LogP contribution in [0.1, 0.15) is 61.0 Å². The number of likely N-dealkylation sites (tertiary alicyclic amines) is 2. The third-order valence-corrected chi connectivity index (χ3v) is 9.39. The Morgan fingerprint density at radius 3 is 1.49 bits per heavy atom. The Balaban J connectivity index is 0.000000219. The van der Waals surface area contributed by atoms with E-state index in [0.717, 1.165) is 12.1 Å². The highest BCUT2D eigenvalue weighted by Crippen LogP contribution is 2.44. The van der Waals surface area contributed by atoms with E-state index in [1.165, 1.54) is 76.5 Å². The normalized spacial score (nSPS) is 19.7. The molecular formula is C40H38F8N2O7. The van der Waals surface area contributed by atoms with Crippen molar-refractivity contribution in [3.8, 4) is 23.0 Å². The molecule has 2 heterocycles. The van der Waals surface area contributed by atoms with Crippen molar-refractivity contribution in [1.82, 2.24) is 9.80 Å². The van der Waals surface area contributed by atoms with Crippen molar-refractivity contribution in [3.63, 3.8) is 0 Å². The molecule has 0 spiro atoms. The minimum Gasteiger partial charge on any atom is -0.507 e. The standard InChI is InChI=1S/C21H21F4NO4.C19H17F4NO3/c1-13-11-17(19-16(22)3-2-4-18(19)29-10-9-27)26(20(13)28)12-14-5-7-15(8-6-14)30-21(23,24)25;1-11-9-15(17-14(20)3-2-4-16(17)25)24(18(11)26)10-12-5-7-13(8-6-12)27-19(21,22)23/h2-8,13,17,27H,9-12H2,1H3;2-8,11,15,25H,9-10H2,1H3. The third kappa shape index (κ3) is 10.8. The zero-order valence-electron chi connectivity index (χ0n) is 30.5. The van der Waals surface area contributed by atoms with Crippen molar-refractivity contribution < 1.29 is 69.1 Å². The summed E-state index contributed by atoms with van der Waals surface area (Å²) in [4.78, 5) is 28.2. The summed E-state index contributed by atoms with van der Waals surface area (Å²) in [5.41, 5.74) is 1.41. The summed E-state index contributed by atoms with van der Waals surface area (Å²) in [6.45, 7) is 3.36. The predicted octanol–water partition coefficient (Wildman–Crippen LogP) is 8.74. The number of aliphatic hydroxyl groups excluding tert-OH is 1. The SMILES string of the molecule is CC1CC(c2c(F)cccc2OCCO)N(Cc2ccc(OC(F)(F)F)cc2)C1=O.CC1CC(c2c(O)cccc2F)N(Cc2ccc(OC(F)(F)F)cc2)C1=O. The highest BCUT2D eigenvalue weighted by Gasteiger charge is 2.42. The van der Waals surface area contributed by atoms with E-state index in [2.05, 4.69) is 9.47 Å². The maximum atomic E-state index is 14.7. The molecule has 2 aliphatic rings. The molecule has 4 unspecified atom stereocenters. The fourth-order valence-electron chi connectivity index (χ4n) is 6.89. The van der Waals surface area contributed by atoms with Crippen molar-refractivity contribution in [2.24, 2.45) is 11.8 Å². The number of phenols is 1. The molecule has 4 aromatic carbocycles. The van der Waals surface area contributed by atoms with Gasteiger partial charge >= 0.3 is 12.7 Å². The van der Waals surface area contributed by atoms with Crippen LogP contribution in [-0.4, -0.2) is 57.8 Å². The number of hydrogen-bond donors (Lipinski definition) is 2. The van der Waals surface area contributed by atoms with Crippen LogP contribution in [0.3, 0.4) is 0 Å². The van der Waals surface area contributed by atoms with E-state index in [4.69, 9.17) is 9.84 Å². The van der Waals surface area contributed by atoms with Gasteiger partial charge in [0, 0.05) is 24.9 Å². The number of phenolic OH excluding ortho intramolecular Hbond substituents is 1. The zero-order valence-corrected chi connectivity index (χ0v) is 30.5. The van der Waals surface area contributed by atoms with Gasteiger partial charge < -0.3 is 34.2 Å². The molecule has 9 nitrogen and oxygen atoms in total. The molecule has 17 heteroatoms. The minimum atomic E-state index is -4.79. The Morgan fingerprint density at radius 1 is 0.649 bits per heavy atom. The molecule has 2 saturated heterocycles. The highest BCUT2D eigenvalue weighted by atomic mass is 19.4. The number of nitrogens with zero attached hydrogens (tertiary/aromatic N) is 2. The number of carbonyl (C=O) groups excluding carboxylic acids is 2. The molecule has 0 saturated carbocycles. The fourth-order valence-corrected chi connectivity index (χ4v) is 6.89. The van der Waals surface area contributed by atoms with Gasteiger partial charge in [0.2, 0.25) is 11.8 Å². The number of ether oxygens (including phenoxy) is 3. The second kappa shape index (κ2) is 17.7. The molecule has 0 radical (unpaired) electrons. The van der Waals surface area contributed by atoms with Crippen molar-refractivity contribution in [2.75, 3.05) is 13.2 Å². The maximum Gasteiger partial charge on any atom is 0.573 e. The summed E-state index contributed by atoms with van der Waals surface area (Å²) in [7, 11) is 0. The average molecular weight is 811 g/mol. The first kappa shape index (κ1) is 42.6. The molecule has 4 atom stereocenters. The number of hydrogen-bond acceptors (Lipinski definition) is 7. The van der Waals surface area contributed by atoms with Gasteiger partial charge in [-0.05, 0) is 72.5 Å². The number of halogens is 8. The Morgan fingerprint density at radius 2 is 1.07 bits per heavy atom. The molecule has 2 N–H and O–H groups in total. The molecule has 0 aliphatic carbocycles. The molecule has 2 aliphatic heterocycles. The first-order valence-electron chi connectivity index (χ1n) is 17.6. The lowest BCUT2D eigenvalue weighted by Gasteiger charge is -2.27. The van der Waals surface area contributed by atoms with E-state index in [9.17, 15) is 49.8 Å². The van der Waals surface area contributed by atoms with Gasteiger partial charge in [0.05, 0.1) is 29.8 Å². The smallest absolute Gasteiger partial charge is 0.507 e. The van der Waals surface area contributed by atoms with Gasteiger partial charge in [0.15, 0.2) is 0 Å². The van der Waals surface area contributed by atoms with Crippen molar-refractivity contribution in [3.05, 3.63) is 119 Å². The molecule has 2 fully saturated rings. The fraction of sp³-hybridized carbons (Fsp3) is 0.350. The first-order valence-corrected chi connectivity index (χ1v) is 17.6. The molecule has 306 valence electrons. The number of amides is 2. The minimum absolute atomic E-state index is 0.0205.